The largest absolute Gasteiger partial charge is 0.369 e. The first-order valence-electron chi connectivity index (χ1n) is 7.50. The highest BCUT2D eigenvalue weighted by Gasteiger charge is 2.25. The van der Waals surface area contributed by atoms with E-state index in [-0.39, 0.29) is 0 Å². The fourth-order valence-electron chi connectivity index (χ4n) is 3.01. The first kappa shape index (κ1) is 16.0. The average molecular weight is 309 g/mol. The summed E-state index contributed by atoms with van der Waals surface area (Å²) >= 11 is 0. The van der Waals surface area contributed by atoms with Crippen LogP contribution in [0.3, 0.4) is 0 Å². The molecule has 1 aromatic rings. The van der Waals surface area contributed by atoms with Crippen LogP contribution in [0.5, 0.6) is 0 Å². The van der Waals surface area contributed by atoms with E-state index in [1.807, 2.05) is 24.3 Å². The Kier molecular flexibility index (Phi) is 5.04. The third kappa shape index (κ3) is 4.06. The van der Waals surface area contributed by atoms with Crippen molar-refractivity contribution in [1.82, 2.24) is 0 Å². The van der Waals surface area contributed by atoms with Crippen LogP contribution in [0.1, 0.15) is 61.3 Å². The number of hydrogen-bond donors (Lipinski definition) is 1. The lowest BCUT2D eigenvalue weighted by Gasteiger charge is -2.22. The van der Waals surface area contributed by atoms with Gasteiger partial charge in [-0.3, -0.25) is 4.79 Å². The average Bonchev–Trinajstić information content (AvgIpc) is 2.46. The van der Waals surface area contributed by atoms with Crippen molar-refractivity contribution in [2.24, 2.45) is 5.73 Å². The molecule has 1 fully saturated rings. The maximum absolute atomic E-state index is 12.0. The Bertz CT molecular complexity index is 586. The molecular formula is C16H23NO3S. The molecule has 1 aromatic carbocycles. The van der Waals surface area contributed by atoms with Crippen molar-refractivity contribution in [2.45, 2.75) is 50.2 Å². The lowest BCUT2D eigenvalue weighted by molar-refractivity contribution is -0.115. The molecule has 0 heterocycles. The first-order chi connectivity index (χ1) is 9.90. The number of benzene rings is 1. The number of rotatable bonds is 5. The van der Waals surface area contributed by atoms with Crippen LogP contribution in [0.25, 0.3) is 0 Å². The number of amides is 1. The van der Waals surface area contributed by atoms with Gasteiger partial charge >= 0.3 is 0 Å². The number of hydrogen-bond acceptors (Lipinski definition) is 3. The van der Waals surface area contributed by atoms with E-state index in [0.717, 1.165) is 5.56 Å². The topological polar surface area (TPSA) is 77.2 Å². The number of carbonyl (C=O) groups is 1. The minimum absolute atomic E-state index is 0.599. The molecule has 5 heteroatoms. The van der Waals surface area contributed by atoms with Crippen LogP contribution in [0.4, 0.5) is 0 Å². The van der Waals surface area contributed by atoms with E-state index in [0.29, 0.717) is 5.92 Å². The molecule has 4 nitrogen and oxygen atoms in total. The summed E-state index contributed by atoms with van der Waals surface area (Å²) in [4.78, 5) is 10.9. The van der Waals surface area contributed by atoms with Crippen molar-refractivity contribution in [3.05, 3.63) is 35.4 Å². The Labute approximate surface area is 126 Å². The molecule has 116 valence electrons. The fraction of sp³-hybridized carbons (Fsp3) is 0.562. The Morgan fingerprint density at radius 1 is 1.19 bits per heavy atom. The lowest BCUT2D eigenvalue weighted by Crippen LogP contribution is -2.26. The van der Waals surface area contributed by atoms with Gasteiger partial charge in [-0.2, -0.15) is 0 Å². The summed E-state index contributed by atoms with van der Waals surface area (Å²) in [6.45, 7) is 1.61. The van der Waals surface area contributed by atoms with Gasteiger partial charge in [-0.1, -0.05) is 43.5 Å². The van der Waals surface area contributed by atoms with Crippen LogP contribution in [-0.4, -0.2) is 20.1 Å². The zero-order chi connectivity index (χ0) is 15.5. The van der Waals surface area contributed by atoms with E-state index < -0.39 is 26.7 Å². The van der Waals surface area contributed by atoms with Crippen molar-refractivity contribution in [1.29, 1.82) is 0 Å². The lowest BCUT2D eigenvalue weighted by atomic mass is 9.84. The van der Waals surface area contributed by atoms with E-state index in [1.165, 1.54) is 37.7 Å². The number of nitrogens with two attached hydrogens (primary N) is 1. The second-order valence-corrected chi connectivity index (χ2v) is 8.24. The van der Waals surface area contributed by atoms with E-state index >= 15 is 0 Å². The molecule has 1 saturated carbocycles. The van der Waals surface area contributed by atoms with Crippen molar-refractivity contribution >= 4 is 15.7 Å². The molecule has 0 saturated heterocycles. The predicted octanol–water partition coefficient (Wildman–Crippen LogP) is 2.70. The van der Waals surface area contributed by atoms with Gasteiger partial charge in [-0.05, 0) is 36.8 Å². The summed E-state index contributed by atoms with van der Waals surface area (Å²) in [5.41, 5.74) is 7.01. The predicted molar refractivity (Wildman–Crippen MR) is 83.7 cm³/mol. The monoisotopic (exact) mass is 309 g/mol. The van der Waals surface area contributed by atoms with Crippen molar-refractivity contribution < 1.29 is 13.2 Å². The van der Waals surface area contributed by atoms with Crippen molar-refractivity contribution in [3.63, 3.8) is 0 Å². The SMILES string of the molecule is CC(c1ccc(C2CCCCC2)cc1)S(=O)(=O)CC(N)=O. The molecular weight excluding hydrogens is 286 g/mol. The van der Waals surface area contributed by atoms with E-state index in [9.17, 15) is 13.2 Å². The molecule has 2 rings (SSSR count). The van der Waals surface area contributed by atoms with Crippen molar-refractivity contribution in [2.75, 3.05) is 5.75 Å². The van der Waals surface area contributed by atoms with Gasteiger partial charge in [0.1, 0.15) is 5.75 Å². The number of sulfone groups is 1. The summed E-state index contributed by atoms with van der Waals surface area (Å²) in [6.07, 6.45) is 6.30. The summed E-state index contributed by atoms with van der Waals surface area (Å²) in [5.74, 6) is -0.801. The highest BCUT2D eigenvalue weighted by atomic mass is 32.2. The third-order valence-corrected chi connectivity index (χ3v) is 6.40. The van der Waals surface area contributed by atoms with Gasteiger partial charge < -0.3 is 5.73 Å². The van der Waals surface area contributed by atoms with Gasteiger partial charge in [0.2, 0.25) is 5.91 Å². The van der Waals surface area contributed by atoms with Crippen LogP contribution in [-0.2, 0) is 14.6 Å². The Morgan fingerprint density at radius 3 is 2.29 bits per heavy atom. The highest BCUT2D eigenvalue weighted by molar-refractivity contribution is 7.92. The molecule has 0 spiro atoms. The number of carbonyl (C=O) groups excluding carboxylic acids is 1. The number of primary amides is 1. The maximum atomic E-state index is 12.0. The van der Waals surface area contributed by atoms with Gasteiger partial charge in [0, 0.05) is 0 Å². The summed E-state index contributed by atoms with van der Waals surface area (Å²) in [6, 6.07) is 7.80. The van der Waals surface area contributed by atoms with Crippen LogP contribution in [0.15, 0.2) is 24.3 Å². The minimum atomic E-state index is -3.52. The minimum Gasteiger partial charge on any atom is -0.369 e. The zero-order valence-electron chi connectivity index (χ0n) is 12.4. The Balaban J connectivity index is 2.12. The second-order valence-electron chi connectivity index (χ2n) is 5.92. The standard InChI is InChI=1S/C16H23NO3S/c1-12(21(19,20)11-16(17)18)13-7-9-15(10-8-13)14-5-3-2-4-6-14/h7-10,12,14H,2-6,11H2,1H3,(H2,17,18). The van der Waals surface area contributed by atoms with E-state index in [4.69, 9.17) is 5.73 Å². The van der Waals surface area contributed by atoms with Gasteiger partial charge in [-0.25, -0.2) is 8.42 Å². The van der Waals surface area contributed by atoms with Crippen LogP contribution in [0, 0.1) is 0 Å². The second kappa shape index (κ2) is 6.60. The first-order valence-corrected chi connectivity index (χ1v) is 9.21. The maximum Gasteiger partial charge on any atom is 0.232 e. The van der Waals surface area contributed by atoms with Gasteiger partial charge in [0.25, 0.3) is 0 Å². The summed E-state index contributed by atoms with van der Waals surface area (Å²) in [5, 5.41) is -0.703. The van der Waals surface area contributed by atoms with E-state index in [1.54, 1.807) is 6.92 Å². The molecule has 0 aliphatic heterocycles. The molecule has 21 heavy (non-hydrogen) atoms. The van der Waals surface area contributed by atoms with Crippen LogP contribution in [0.2, 0.25) is 0 Å². The normalized spacial score (nSPS) is 18.3. The molecule has 1 unspecified atom stereocenters. The Hall–Kier alpha value is -1.36. The fourth-order valence-corrected chi connectivity index (χ4v) is 4.22. The molecule has 0 bridgehead atoms. The summed E-state index contributed by atoms with van der Waals surface area (Å²) in [7, 11) is -3.52. The van der Waals surface area contributed by atoms with Crippen molar-refractivity contribution in [3.8, 4) is 0 Å². The third-order valence-electron chi connectivity index (χ3n) is 4.36. The molecule has 1 amide bonds. The molecule has 1 aliphatic carbocycles. The molecule has 1 atom stereocenters. The summed E-state index contributed by atoms with van der Waals surface area (Å²) < 4.78 is 24.1. The molecule has 0 aromatic heterocycles. The molecule has 2 N–H and O–H groups in total. The van der Waals surface area contributed by atoms with Gasteiger partial charge in [0.15, 0.2) is 9.84 Å². The smallest absolute Gasteiger partial charge is 0.232 e. The quantitative estimate of drug-likeness (QED) is 0.908. The Morgan fingerprint density at radius 2 is 1.76 bits per heavy atom. The van der Waals surface area contributed by atoms with Crippen LogP contribution < -0.4 is 5.73 Å². The van der Waals surface area contributed by atoms with Crippen LogP contribution >= 0.6 is 0 Å². The molecule has 1 aliphatic rings. The van der Waals surface area contributed by atoms with E-state index in [2.05, 4.69) is 0 Å². The van der Waals surface area contributed by atoms with Gasteiger partial charge in [0.05, 0.1) is 5.25 Å². The van der Waals surface area contributed by atoms with Gasteiger partial charge in [-0.15, -0.1) is 0 Å². The highest BCUT2D eigenvalue weighted by Crippen LogP contribution is 2.33. The zero-order valence-corrected chi connectivity index (χ0v) is 13.2. The molecule has 0 radical (unpaired) electrons.